The van der Waals surface area contributed by atoms with Gasteiger partial charge in [-0.1, -0.05) is 32.6 Å². The molecule has 0 bridgehead atoms. The van der Waals surface area contributed by atoms with Gasteiger partial charge in [0.1, 0.15) is 0 Å². The topological polar surface area (TPSA) is 64.3 Å². The van der Waals surface area contributed by atoms with E-state index < -0.39 is 0 Å². The number of ether oxygens (including phenoxy) is 1. The zero-order chi connectivity index (χ0) is 12.9. The van der Waals surface area contributed by atoms with E-state index in [1.807, 2.05) is 0 Å². The van der Waals surface area contributed by atoms with Crippen molar-refractivity contribution in [3.05, 3.63) is 0 Å². The van der Waals surface area contributed by atoms with E-state index in [0.717, 1.165) is 25.9 Å². The Morgan fingerprint density at radius 1 is 1.24 bits per heavy atom. The number of amides is 1. The first-order valence-corrected chi connectivity index (χ1v) is 6.81. The van der Waals surface area contributed by atoms with Crippen LogP contribution < -0.4 is 11.3 Å². The van der Waals surface area contributed by atoms with Gasteiger partial charge < -0.3 is 4.74 Å². The molecule has 0 spiro atoms. The number of rotatable bonds is 11. The smallest absolute Gasteiger partial charge is 0.233 e. The Labute approximate surface area is 105 Å². The number of nitrogens with two attached hydrogens (primary N) is 1. The van der Waals surface area contributed by atoms with Crippen LogP contribution in [0.5, 0.6) is 0 Å². The molecule has 0 aromatic rings. The number of carbonyl (C=O) groups is 1. The summed E-state index contributed by atoms with van der Waals surface area (Å²) < 4.78 is 5.67. The van der Waals surface area contributed by atoms with Crippen LogP contribution in [0.1, 0.15) is 65.2 Å². The first-order chi connectivity index (χ1) is 8.20. The zero-order valence-electron chi connectivity index (χ0n) is 11.3. The fraction of sp³-hybridized carbons (Fsp3) is 0.923. The van der Waals surface area contributed by atoms with Crippen molar-refractivity contribution >= 4 is 5.91 Å². The third-order valence-corrected chi connectivity index (χ3v) is 2.83. The first kappa shape index (κ1) is 16.4. The molecule has 17 heavy (non-hydrogen) atoms. The van der Waals surface area contributed by atoms with E-state index in [1.54, 1.807) is 0 Å². The highest BCUT2D eigenvalue weighted by Gasteiger charge is 2.02. The number of hydrazine groups is 1. The third-order valence-electron chi connectivity index (χ3n) is 2.83. The first-order valence-electron chi connectivity index (χ1n) is 6.81. The van der Waals surface area contributed by atoms with Crippen LogP contribution in [-0.2, 0) is 9.53 Å². The Bertz CT molecular complexity index is 186. The van der Waals surface area contributed by atoms with Gasteiger partial charge in [0.15, 0.2) is 0 Å². The lowest BCUT2D eigenvalue weighted by Gasteiger charge is -2.12. The van der Waals surface area contributed by atoms with Crippen LogP contribution in [0.25, 0.3) is 0 Å². The number of nitrogens with one attached hydrogen (secondary N) is 1. The zero-order valence-corrected chi connectivity index (χ0v) is 11.3. The van der Waals surface area contributed by atoms with Crippen LogP contribution >= 0.6 is 0 Å². The molecule has 4 heteroatoms. The third kappa shape index (κ3) is 11.6. The Morgan fingerprint density at radius 3 is 2.65 bits per heavy atom. The maximum Gasteiger partial charge on any atom is 0.233 e. The summed E-state index contributed by atoms with van der Waals surface area (Å²) in [6.07, 6.45) is 8.90. The van der Waals surface area contributed by atoms with Crippen molar-refractivity contribution in [1.82, 2.24) is 5.43 Å². The molecule has 0 aliphatic carbocycles. The molecule has 0 radical (unpaired) electrons. The van der Waals surface area contributed by atoms with Crippen LogP contribution in [0.3, 0.4) is 0 Å². The van der Waals surface area contributed by atoms with Crippen molar-refractivity contribution in [1.29, 1.82) is 0 Å². The molecule has 0 saturated carbocycles. The van der Waals surface area contributed by atoms with Gasteiger partial charge in [0, 0.05) is 13.0 Å². The summed E-state index contributed by atoms with van der Waals surface area (Å²) in [7, 11) is 0. The van der Waals surface area contributed by atoms with Gasteiger partial charge in [0.25, 0.3) is 0 Å². The monoisotopic (exact) mass is 244 g/mol. The lowest BCUT2D eigenvalue weighted by Crippen LogP contribution is -2.29. The summed E-state index contributed by atoms with van der Waals surface area (Å²) in [5.41, 5.74) is 2.12. The van der Waals surface area contributed by atoms with Crippen LogP contribution in [0, 0.1) is 0 Å². The highest BCUT2D eigenvalue weighted by Crippen LogP contribution is 2.08. The van der Waals surface area contributed by atoms with E-state index in [0.29, 0.717) is 12.5 Å². The molecule has 0 rings (SSSR count). The average Bonchev–Trinajstić information content (AvgIpc) is 2.34. The maximum atomic E-state index is 10.8. The lowest BCUT2D eigenvalue weighted by atomic mass is 10.1. The molecule has 0 aromatic heterocycles. The maximum absolute atomic E-state index is 10.8. The minimum Gasteiger partial charge on any atom is -0.379 e. The second kappa shape index (κ2) is 11.9. The number of unbranched alkanes of at least 4 members (excludes halogenated alkanes) is 4. The number of carbonyl (C=O) groups excluding carboxylic acids is 1. The predicted octanol–water partition coefficient (Wildman–Crippen LogP) is 2.52. The van der Waals surface area contributed by atoms with Crippen molar-refractivity contribution < 1.29 is 9.53 Å². The summed E-state index contributed by atoms with van der Waals surface area (Å²) in [5, 5.41) is 0. The molecule has 4 nitrogen and oxygen atoms in total. The minimum atomic E-state index is -0.0994. The van der Waals surface area contributed by atoms with Crippen molar-refractivity contribution in [2.45, 2.75) is 71.3 Å². The normalized spacial score (nSPS) is 12.4. The Kier molecular flexibility index (Phi) is 11.4. The standard InChI is InChI=1S/C13H28N2O2/c1-3-4-5-6-9-12(2)17-11-8-7-10-13(16)15-14/h12H,3-11,14H2,1-2H3,(H,15,16). The van der Waals surface area contributed by atoms with Gasteiger partial charge in [-0.2, -0.15) is 0 Å². The van der Waals surface area contributed by atoms with Gasteiger partial charge in [0.05, 0.1) is 6.10 Å². The van der Waals surface area contributed by atoms with E-state index >= 15 is 0 Å². The average molecular weight is 244 g/mol. The lowest BCUT2D eigenvalue weighted by molar-refractivity contribution is -0.121. The SMILES string of the molecule is CCCCCCC(C)OCCCCC(=O)NN. The molecule has 0 aliphatic heterocycles. The van der Waals surface area contributed by atoms with Crippen LogP contribution in [-0.4, -0.2) is 18.6 Å². The summed E-state index contributed by atoms with van der Waals surface area (Å²) in [6, 6.07) is 0. The molecule has 102 valence electrons. The molecule has 1 unspecified atom stereocenters. The van der Waals surface area contributed by atoms with E-state index in [4.69, 9.17) is 10.6 Å². The fourth-order valence-electron chi connectivity index (χ4n) is 1.69. The molecular weight excluding hydrogens is 216 g/mol. The molecular formula is C13H28N2O2. The molecule has 0 aromatic carbocycles. The Morgan fingerprint density at radius 2 is 2.00 bits per heavy atom. The quantitative estimate of drug-likeness (QED) is 0.254. The molecule has 0 saturated heterocycles. The highest BCUT2D eigenvalue weighted by molar-refractivity contribution is 5.74. The second-order valence-electron chi connectivity index (χ2n) is 4.56. The van der Waals surface area contributed by atoms with Gasteiger partial charge in [0.2, 0.25) is 5.91 Å². The Balaban J connectivity index is 3.21. The van der Waals surface area contributed by atoms with Gasteiger partial charge >= 0.3 is 0 Å². The van der Waals surface area contributed by atoms with Crippen LogP contribution in [0.2, 0.25) is 0 Å². The van der Waals surface area contributed by atoms with Gasteiger partial charge in [-0.25, -0.2) is 5.84 Å². The van der Waals surface area contributed by atoms with E-state index in [2.05, 4.69) is 19.3 Å². The summed E-state index contributed by atoms with van der Waals surface area (Å²) in [5.74, 6) is 4.88. The summed E-state index contributed by atoms with van der Waals surface area (Å²) >= 11 is 0. The molecule has 0 fully saturated rings. The predicted molar refractivity (Wildman–Crippen MR) is 70.4 cm³/mol. The van der Waals surface area contributed by atoms with Crippen molar-refractivity contribution in [2.75, 3.05) is 6.61 Å². The second-order valence-corrected chi connectivity index (χ2v) is 4.56. The highest BCUT2D eigenvalue weighted by atomic mass is 16.5. The van der Waals surface area contributed by atoms with E-state index in [1.165, 1.54) is 25.7 Å². The molecule has 1 amide bonds. The van der Waals surface area contributed by atoms with E-state index in [9.17, 15) is 4.79 Å². The van der Waals surface area contributed by atoms with Gasteiger partial charge in [-0.3, -0.25) is 10.2 Å². The Hall–Kier alpha value is -0.610. The largest absolute Gasteiger partial charge is 0.379 e. The molecule has 3 N–H and O–H groups in total. The fourth-order valence-corrected chi connectivity index (χ4v) is 1.69. The van der Waals surface area contributed by atoms with Crippen molar-refractivity contribution in [3.8, 4) is 0 Å². The summed E-state index contributed by atoms with van der Waals surface area (Å²) in [4.78, 5) is 10.8. The number of hydrogen-bond acceptors (Lipinski definition) is 3. The molecule has 0 heterocycles. The van der Waals surface area contributed by atoms with E-state index in [-0.39, 0.29) is 5.91 Å². The number of hydrogen-bond donors (Lipinski definition) is 2. The van der Waals surface area contributed by atoms with Crippen LogP contribution in [0.4, 0.5) is 0 Å². The summed E-state index contributed by atoms with van der Waals surface area (Å²) in [6.45, 7) is 5.09. The molecule has 1 atom stereocenters. The van der Waals surface area contributed by atoms with Crippen molar-refractivity contribution in [2.24, 2.45) is 5.84 Å². The minimum absolute atomic E-state index is 0.0994. The van der Waals surface area contributed by atoms with Crippen LogP contribution in [0.15, 0.2) is 0 Å². The van der Waals surface area contributed by atoms with Crippen molar-refractivity contribution in [3.63, 3.8) is 0 Å². The van der Waals surface area contributed by atoms with Gasteiger partial charge in [-0.15, -0.1) is 0 Å². The molecule has 0 aliphatic rings. The van der Waals surface area contributed by atoms with Gasteiger partial charge in [-0.05, 0) is 26.2 Å².